The molecule has 0 unspecified atom stereocenters. The van der Waals surface area contributed by atoms with Crippen LogP contribution in [0, 0.1) is 0 Å². The quantitative estimate of drug-likeness (QED) is 0.841. The first-order valence-corrected chi connectivity index (χ1v) is 6.22. The van der Waals surface area contributed by atoms with Crippen LogP contribution in [0.1, 0.15) is 25.0 Å². The molecule has 5 nitrogen and oxygen atoms in total. The number of rotatable bonds is 3. The molecule has 2 aromatic heterocycles. The van der Waals surface area contributed by atoms with Crippen LogP contribution in [-0.2, 0) is 6.42 Å². The number of thiazole rings is 1. The highest BCUT2D eigenvalue weighted by molar-refractivity contribution is 7.13. The Bertz CT molecular complexity index is 471. The molecule has 0 saturated heterocycles. The minimum atomic E-state index is -0.00719. The van der Waals surface area contributed by atoms with Gasteiger partial charge in [0, 0.05) is 17.3 Å². The molecule has 0 spiro atoms. The van der Waals surface area contributed by atoms with Crippen molar-refractivity contribution in [3.8, 4) is 10.8 Å². The highest BCUT2D eigenvalue weighted by Gasteiger charge is 2.33. The summed E-state index contributed by atoms with van der Waals surface area (Å²) in [6.07, 6.45) is 5.84. The molecule has 2 aromatic rings. The summed E-state index contributed by atoms with van der Waals surface area (Å²) in [7, 11) is 0. The standard InChI is InChI=1S/C10H13N5S/c11-10(2-1-3-10)4-7-5-16-9(14-7)8-12-6-13-15-8/h5-6H,1-4,11H2,(H,12,13,15). The van der Waals surface area contributed by atoms with E-state index in [-0.39, 0.29) is 5.54 Å². The van der Waals surface area contributed by atoms with E-state index < -0.39 is 0 Å². The van der Waals surface area contributed by atoms with Gasteiger partial charge in [-0.1, -0.05) is 0 Å². The topological polar surface area (TPSA) is 80.5 Å². The van der Waals surface area contributed by atoms with Crippen molar-refractivity contribution >= 4 is 11.3 Å². The lowest BCUT2D eigenvalue weighted by Crippen LogP contribution is -2.48. The fourth-order valence-electron chi connectivity index (χ4n) is 1.97. The predicted molar refractivity (Wildman–Crippen MR) is 62.0 cm³/mol. The average molecular weight is 235 g/mol. The maximum absolute atomic E-state index is 6.19. The molecule has 2 heterocycles. The molecule has 0 aromatic carbocycles. The molecule has 6 heteroatoms. The van der Waals surface area contributed by atoms with Crippen LogP contribution in [0.4, 0.5) is 0 Å². The Morgan fingerprint density at radius 2 is 2.38 bits per heavy atom. The van der Waals surface area contributed by atoms with E-state index >= 15 is 0 Å². The highest BCUT2D eigenvalue weighted by atomic mass is 32.1. The van der Waals surface area contributed by atoms with Crippen LogP contribution >= 0.6 is 11.3 Å². The van der Waals surface area contributed by atoms with Gasteiger partial charge in [-0.05, 0) is 19.3 Å². The first kappa shape index (κ1) is 9.92. The Balaban J connectivity index is 1.78. The van der Waals surface area contributed by atoms with Gasteiger partial charge in [-0.3, -0.25) is 5.10 Å². The van der Waals surface area contributed by atoms with Crippen molar-refractivity contribution in [2.24, 2.45) is 5.73 Å². The van der Waals surface area contributed by atoms with Crippen LogP contribution in [0.5, 0.6) is 0 Å². The van der Waals surface area contributed by atoms with E-state index in [0.29, 0.717) is 0 Å². The monoisotopic (exact) mass is 235 g/mol. The zero-order chi connectivity index (χ0) is 11.0. The molecule has 1 aliphatic rings. The van der Waals surface area contributed by atoms with E-state index in [1.807, 2.05) is 0 Å². The van der Waals surface area contributed by atoms with Crippen LogP contribution < -0.4 is 5.73 Å². The van der Waals surface area contributed by atoms with Gasteiger partial charge in [0.05, 0.1) is 5.69 Å². The van der Waals surface area contributed by atoms with E-state index in [4.69, 9.17) is 5.73 Å². The van der Waals surface area contributed by atoms with Gasteiger partial charge in [-0.2, -0.15) is 5.10 Å². The number of aromatic nitrogens is 4. The van der Waals surface area contributed by atoms with E-state index in [9.17, 15) is 0 Å². The van der Waals surface area contributed by atoms with Crippen LogP contribution in [0.15, 0.2) is 11.7 Å². The summed E-state index contributed by atoms with van der Waals surface area (Å²) in [5.41, 5.74) is 7.25. The minimum absolute atomic E-state index is 0.00719. The number of hydrogen-bond donors (Lipinski definition) is 2. The van der Waals surface area contributed by atoms with Crippen LogP contribution in [0.2, 0.25) is 0 Å². The Labute approximate surface area is 97.1 Å². The van der Waals surface area contributed by atoms with Crippen molar-refractivity contribution in [3.63, 3.8) is 0 Å². The first-order valence-electron chi connectivity index (χ1n) is 5.34. The third kappa shape index (κ3) is 1.74. The number of aromatic amines is 1. The molecule has 1 aliphatic carbocycles. The van der Waals surface area contributed by atoms with Gasteiger partial charge in [0.2, 0.25) is 0 Å². The van der Waals surface area contributed by atoms with Gasteiger partial charge in [0.15, 0.2) is 10.8 Å². The normalized spacial score (nSPS) is 18.3. The molecule has 84 valence electrons. The maximum Gasteiger partial charge on any atom is 0.184 e. The largest absolute Gasteiger partial charge is 0.325 e. The third-order valence-corrected chi connectivity index (χ3v) is 3.95. The molecule has 0 aliphatic heterocycles. The zero-order valence-electron chi connectivity index (χ0n) is 8.81. The molecule has 1 fully saturated rings. The summed E-state index contributed by atoms with van der Waals surface area (Å²) < 4.78 is 0. The summed E-state index contributed by atoms with van der Waals surface area (Å²) in [6.45, 7) is 0. The number of H-pyrrole nitrogens is 1. The fourth-order valence-corrected chi connectivity index (χ4v) is 2.74. The highest BCUT2D eigenvalue weighted by Crippen LogP contribution is 2.33. The van der Waals surface area contributed by atoms with E-state index in [0.717, 1.165) is 35.8 Å². The molecule has 0 radical (unpaired) electrons. The number of nitrogens with zero attached hydrogens (tertiary/aromatic N) is 3. The van der Waals surface area contributed by atoms with E-state index in [1.165, 1.54) is 12.7 Å². The Hall–Kier alpha value is -1.27. The molecule has 0 atom stereocenters. The Morgan fingerprint density at radius 1 is 1.50 bits per heavy atom. The van der Waals surface area contributed by atoms with Crippen molar-refractivity contribution in [2.75, 3.05) is 0 Å². The van der Waals surface area contributed by atoms with Crippen molar-refractivity contribution in [2.45, 2.75) is 31.2 Å². The van der Waals surface area contributed by atoms with Crippen molar-refractivity contribution in [1.82, 2.24) is 20.2 Å². The Kier molecular flexibility index (Phi) is 2.26. The van der Waals surface area contributed by atoms with Crippen molar-refractivity contribution in [1.29, 1.82) is 0 Å². The molecule has 0 amide bonds. The average Bonchev–Trinajstić information content (AvgIpc) is 2.83. The smallest absolute Gasteiger partial charge is 0.184 e. The second kappa shape index (κ2) is 3.64. The van der Waals surface area contributed by atoms with Crippen molar-refractivity contribution < 1.29 is 0 Å². The third-order valence-electron chi connectivity index (χ3n) is 3.05. The van der Waals surface area contributed by atoms with Gasteiger partial charge >= 0.3 is 0 Å². The summed E-state index contributed by atoms with van der Waals surface area (Å²) >= 11 is 1.58. The minimum Gasteiger partial charge on any atom is -0.325 e. The molecule has 3 rings (SSSR count). The van der Waals surface area contributed by atoms with Crippen molar-refractivity contribution in [3.05, 3.63) is 17.4 Å². The predicted octanol–water partition coefficient (Wildman–Crippen LogP) is 1.35. The summed E-state index contributed by atoms with van der Waals surface area (Å²) in [4.78, 5) is 8.60. The SMILES string of the molecule is NC1(Cc2csc(-c3ncn[nH]3)n2)CCC1. The second-order valence-corrected chi connectivity index (χ2v) is 5.23. The number of nitrogens with two attached hydrogens (primary N) is 1. The fraction of sp³-hybridized carbons (Fsp3) is 0.500. The summed E-state index contributed by atoms with van der Waals surface area (Å²) in [5.74, 6) is 0.732. The molecule has 16 heavy (non-hydrogen) atoms. The van der Waals surface area contributed by atoms with Crippen LogP contribution in [0.3, 0.4) is 0 Å². The molecular weight excluding hydrogens is 222 g/mol. The number of hydrogen-bond acceptors (Lipinski definition) is 5. The second-order valence-electron chi connectivity index (χ2n) is 4.37. The molecule has 0 bridgehead atoms. The summed E-state index contributed by atoms with van der Waals surface area (Å²) in [5, 5.41) is 9.57. The van der Waals surface area contributed by atoms with Crippen LogP contribution in [0.25, 0.3) is 10.8 Å². The number of nitrogens with one attached hydrogen (secondary N) is 1. The van der Waals surface area contributed by atoms with Crippen LogP contribution in [-0.4, -0.2) is 25.7 Å². The lowest BCUT2D eigenvalue weighted by Gasteiger charge is -2.37. The summed E-state index contributed by atoms with van der Waals surface area (Å²) in [6, 6.07) is 0. The zero-order valence-corrected chi connectivity index (χ0v) is 9.63. The molecule has 3 N–H and O–H groups in total. The van der Waals surface area contributed by atoms with Gasteiger partial charge in [0.25, 0.3) is 0 Å². The van der Waals surface area contributed by atoms with Gasteiger partial charge in [0.1, 0.15) is 6.33 Å². The lowest BCUT2D eigenvalue weighted by molar-refractivity contribution is 0.246. The lowest BCUT2D eigenvalue weighted by atomic mass is 9.75. The van der Waals surface area contributed by atoms with E-state index in [2.05, 4.69) is 25.5 Å². The van der Waals surface area contributed by atoms with Gasteiger partial charge < -0.3 is 5.73 Å². The van der Waals surface area contributed by atoms with Gasteiger partial charge in [-0.25, -0.2) is 9.97 Å². The maximum atomic E-state index is 6.19. The van der Waals surface area contributed by atoms with E-state index in [1.54, 1.807) is 11.3 Å². The molecule has 1 saturated carbocycles. The first-order chi connectivity index (χ1) is 7.75. The van der Waals surface area contributed by atoms with Gasteiger partial charge in [-0.15, -0.1) is 11.3 Å². The Morgan fingerprint density at radius 3 is 3.00 bits per heavy atom. The molecular formula is C10H13N5S.